The van der Waals surface area contributed by atoms with Gasteiger partial charge < -0.3 is 9.47 Å². The number of carbonyl (C=O) groups is 1. The third-order valence-electron chi connectivity index (χ3n) is 6.50. The van der Waals surface area contributed by atoms with Gasteiger partial charge in [0, 0.05) is 37.8 Å². The summed E-state index contributed by atoms with van der Waals surface area (Å²) in [4.78, 5) is 15.2. The van der Waals surface area contributed by atoms with E-state index in [0.717, 1.165) is 54.5 Å². The van der Waals surface area contributed by atoms with Gasteiger partial charge in [0.05, 0.1) is 10.6 Å². The van der Waals surface area contributed by atoms with Crippen LogP contribution in [-0.4, -0.2) is 58.8 Å². The highest BCUT2D eigenvalue weighted by molar-refractivity contribution is 7.99. The van der Waals surface area contributed by atoms with Crippen molar-refractivity contribution in [2.24, 2.45) is 0 Å². The molecule has 172 valence electrons. The largest absolute Gasteiger partial charge is 0.311 e. The van der Waals surface area contributed by atoms with E-state index in [0.29, 0.717) is 30.4 Å². The Labute approximate surface area is 193 Å². The third-order valence-corrected chi connectivity index (χ3v) is 9.35. The lowest BCUT2D eigenvalue weighted by Crippen LogP contribution is -2.37. The summed E-state index contributed by atoms with van der Waals surface area (Å²) in [5.41, 5.74) is 1.76. The average Bonchev–Trinajstić information content (AvgIpc) is 3.32. The summed E-state index contributed by atoms with van der Waals surface area (Å²) in [6.45, 7) is 4.71. The summed E-state index contributed by atoms with van der Waals surface area (Å²) in [6, 6.07) is 5.23. The van der Waals surface area contributed by atoms with Gasteiger partial charge in [-0.3, -0.25) is 4.79 Å². The Morgan fingerprint density at radius 2 is 1.91 bits per heavy atom. The molecule has 3 heterocycles. The highest BCUT2D eigenvalue weighted by Crippen LogP contribution is 2.40. The number of hydrogen-bond acceptors (Lipinski definition) is 6. The summed E-state index contributed by atoms with van der Waals surface area (Å²) < 4.78 is 29.6. The van der Waals surface area contributed by atoms with E-state index in [-0.39, 0.29) is 11.7 Å². The van der Waals surface area contributed by atoms with E-state index >= 15 is 0 Å². The lowest BCUT2D eigenvalue weighted by atomic mass is 10.0. The van der Waals surface area contributed by atoms with E-state index < -0.39 is 10.0 Å². The quantitative estimate of drug-likeness (QED) is 0.572. The van der Waals surface area contributed by atoms with Gasteiger partial charge in [0.25, 0.3) is 0 Å². The number of aromatic nitrogens is 3. The van der Waals surface area contributed by atoms with Gasteiger partial charge in [0.15, 0.2) is 5.16 Å². The van der Waals surface area contributed by atoms with Gasteiger partial charge in [-0.25, -0.2) is 8.42 Å². The van der Waals surface area contributed by atoms with Crippen LogP contribution >= 0.6 is 11.8 Å². The van der Waals surface area contributed by atoms with Gasteiger partial charge in [0.1, 0.15) is 5.82 Å². The number of rotatable bonds is 7. The first-order chi connectivity index (χ1) is 15.5. The minimum absolute atomic E-state index is 0.0183. The fraction of sp³-hybridized carbons (Fsp3) is 0.591. The summed E-state index contributed by atoms with van der Waals surface area (Å²) in [7, 11) is -3.46. The molecule has 1 saturated heterocycles. The van der Waals surface area contributed by atoms with Crippen molar-refractivity contribution in [1.29, 1.82) is 0 Å². The van der Waals surface area contributed by atoms with Crippen molar-refractivity contribution in [3.63, 3.8) is 0 Å². The second kappa shape index (κ2) is 8.79. The van der Waals surface area contributed by atoms with Crippen LogP contribution in [0.4, 0.5) is 5.69 Å². The topological polar surface area (TPSA) is 88.4 Å². The van der Waals surface area contributed by atoms with Crippen LogP contribution in [-0.2, 0) is 27.8 Å². The van der Waals surface area contributed by atoms with E-state index in [1.54, 1.807) is 27.4 Å². The van der Waals surface area contributed by atoms with Crippen LogP contribution < -0.4 is 4.90 Å². The molecule has 3 aliphatic rings. The molecule has 1 aliphatic carbocycles. The number of carbonyl (C=O) groups excluding carboxylic acids is 1. The average molecular weight is 476 g/mol. The monoisotopic (exact) mass is 475 g/mol. The van der Waals surface area contributed by atoms with Crippen LogP contribution in [0.25, 0.3) is 0 Å². The predicted octanol–water partition coefficient (Wildman–Crippen LogP) is 3.03. The molecule has 2 aromatic rings. The zero-order valence-corrected chi connectivity index (χ0v) is 20.0. The first-order valence-corrected chi connectivity index (χ1v) is 13.9. The predicted molar refractivity (Wildman–Crippen MR) is 124 cm³/mol. The van der Waals surface area contributed by atoms with E-state index in [4.69, 9.17) is 0 Å². The molecule has 0 unspecified atom stereocenters. The Bertz CT molecular complexity index is 1120. The van der Waals surface area contributed by atoms with Gasteiger partial charge >= 0.3 is 0 Å². The standard InChI is InChI=1S/C22H29N5O3S2/c1-2-26-21(16-7-8-16)23-24-22(26)31-15-20(28)27-13-5-6-17-14-18(9-10-19(17)27)32(29,30)25-11-3-4-12-25/h9-10,14,16H,2-8,11-13,15H2,1H3. The van der Waals surface area contributed by atoms with Gasteiger partial charge in [-0.15, -0.1) is 10.2 Å². The summed E-state index contributed by atoms with van der Waals surface area (Å²) in [5.74, 6) is 1.87. The van der Waals surface area contributed by atoms with Gasteiger partial charge in [-0.1, -0.05) is 11.8 Å². The second-order valence-electron chi connectivity index (χ2n) is 8.70. The molecule has 0 atom stereocenters. The molecule has 1 amide bonds. The number of anilines is 1. The number of nitrogens with zero attached hydrogens (tertiary/aromatic N) is 5. The number of aryl methyl sites for hydroxylation is 1. The lowest BCUT2D eigenvalue weighted by Gasteiger charge is -2.30. The Kier molecular flexibility index (Phi) is 6.02. The van der Waals surface area contributed by atoms with Crippen molar-refractivity contribution in [3.8, 4) is 0 Å². The fourth-order valence-corrected chi connectivity index (χ4v) is 7.08. The Morgan fingerprint density at radius 3 is 2.62 bits per heavy atom. The van der Waals surface area contributed by atoms with E-state index in [9.17, 15) is 13.2 Å². The smallest absolute Gasteiger partial charge is 0.243 e. The molecule has 0 radical (unpaired) electrons. The molecular formula is C22H29N5O3S2. The Morgan fingerprint density at radius 1 is 1.12 bits per heavy atom. The Hall–Kier alpha value is -1.91. The molecule has 32 heavy (non-hydrogen) atoms. The van der Waals surface area contributed by atoms with Crippen LogP contribution in [0.5, 0.6) is 0 Å². The SMILES string of the molecule is CCn1c(SCC(=O)N2CCCc3cc(S(=O)(=O)N4CCCC4)ccc32)nnc1C1CC1. The van der Waals surface area contributed by atoms with Crippen molar-refractivity contribution in [2.45, 2.75) is 68.0 Å². The number of benzene rings is 1. The van der Waals surface area contributed by atoms with Gasteiger partial charge in [-0.05, 0) is 69.2 Å². The summed E-state index contributed by atoms with van der Waals surface area (Å²) in [6.07, 6.45) is 5.78. The number of thioether (sulfide) groups is 1. The van der Waals surface area contributed by atoms with E-state index in [1.807, 2.05) is 0 Å². The minimum atomic E-state index is -3.46. The van der Waals surface area contributed by atoms with Crippen molar-refractivity contribution >= 4 is 33.4 Å². The number of hydrogen-bond donors (Lipinski definition) is 0. The van der Waals surface area contributed by atoms with Crippen LogP contribution in [0.2, 0.25) is 0 Å². The molecule has 0 N–H and O–H groups in total. The molecule has 0 spiro atoms. The van der Waals surface area contributed by atoms with Crippen molar-refractivity contribution < 1.29 is 13.2 Å². The third kappa shape index (κ3) is 4.08. The van der Waals surface area contributed by atoms with E-state index in [2.05, 4.69) is 21.7 Å². The molecule has 1 aromatic carbocycles. The van der Waals surface area contributed by atoms with Crippen molar-refractivity contribution in [3.05, 3.63) is 29.6 Å². The number of amides is 1. The van der Waals surface area contributed by atoms with Crippen LogP contribution in [0.3, 0.4) is 0 Å². The van der Waals surface area contributed by atoms with Crippen LogP contribution in [0.15, 0.2) is 28.3 Å². The number of fused-ring (bicyclic) bond motifs is 1. The zero-order valence-electron chi connectivity index (χ0n) is 18.4. The molecule has 5 rings (SSSR count). The maximum absolute atomic E-state index is 13.1. The van der Waals surface area contributed by atoms with E-state index in [1.165, 1.54) is 24.6 Å². The maximum atomic E-state index is 13.1. The molecular weight excluding hydrogens is 446 g/mol. The fourth-order valence-electron chi connectivity index (χ4n) is 4.62. The first kappa shape index (κ1) is 21.9. The van der Waals surface area contributed by atoms with Gasteiger partial charge in [0.2, 0.25) is 15.9 Å². The minimum Gasteiger partial charge on any atom is -0.311 e. The first-order valence-electron chi connectivity index (χ1n) is 11.5. The molecule has 0 bridgehead atoms. The van der Waals surface area contributed by atoms with Crippen molar-refractivity contribution in [1.82, 2.24) is 19.1 Å². The van der Waals surface area contributed by atoms with Gasteiger partial charge in [-0.2, -0.15) is 4.31 Å². The molecule has 2 aliphatic heterocycles. The molecule has 1 aromatic heterocycles. The van der Waals surface area contributed by atoms with Crippen molar-refractivity contribution in [2.75, 3.05) is 30.3 Å². The van der Waals surface area contributed by atoms with Crippen LogP contribution in [0.1, 0.15) is 56.3 Å². The number of sulfonamides is 1. The van der Waals surface area contributed by atoms with Crippen LogP contribution in [0, 0.1) is 0 Å². The molecule has 2 fully saturated rings. The normalized spacial score (nSPS) is 19.3. The Balaban J connectivity index is 1.31. The summed E-state index contributed by atoms with van der Waals surface area (Å²) >= 11 is 1.43. The molecule has 10 heteroatoms. The second-order valence-corrected chi connectivity index (χ2v) is 11.6. The lowest BCUT2D eigenvalue weighted by molar-refractivity contribution is -0.116. The summed E-state index contributed by atoms with van der Waals surface area (Å²) in [5, 5.41) is 9.47. The zero-order chi connectivity index (χ0) is 22.3. The molecule has 1 saturated carbocycles. The highest BCUT2D eigenvalue weighted by Gasteiger charge is 2.31. The molecule has 8 nitrogen and oxygen atoms in total. The maximum Gasteiger partial charge on any atom is 0.243 e. The highest BCUT2D eigenvalue weighted by atomic mass is 32.2.